The number of carbonyl (C=O) groups excluding carboxylic acids is 1. The van der Waals surface area contributed by atoms with Crippen molar-refractivity contribution in [3.05, 3.63) is 65.8 Å². The van der Waals surface area contributed by atoms with Gasteiger partial charge < -0.3 is 14.5 Å². The zero-order chi connectivity index (χ0) is 29.3. The number of aryl methyl sites for hydroxylation is 1. The number of hydrogen-bond acceptors (Lipinski definition) is 10. The molecule has 0 bridgehead atoms. The van der Waals surface area contributed by atoms with E-state index in [-0.39, 0.29) is 23.0 Å². The van der Waals surface area contributed by atoms with Gasteiger partial charge in [-0.1, -0.05) is 32.9 Å². The number of nitrogens with one attached hydrogen (secondary N) is 1. The van der Waals surface area contributed by atoms with Gasteiger partial charge in [0, 0.05) is 55.5 Å². The lowest BCUT2D eigenvalue weighted by Gasteiger charge is -2.26. The van der Waals surface area contributed by atoms with Gasteiger partial charge in [0.25, 0.3) is 5.89 Å². The van der Waals surface area contributed by atoms with Crippen LogP contribution in [0, 0.1) is 0 Å². The van der Waals surface area contributed by atoms with E-state index in [0.717, 1.165) is 62.6 Å². The third-order valence-electron chi connectivity index (χ3n) is 8.04. The molecule has 1 N–H and O–H groups in total. The molecule has 2 aliphatic heterocycles. The Balaban J connectivity index is 1.28. The summed E-state index contributed by atoms with van der Waals surface area (Å²) in [5.41, 5.74) is 4.75. The first-order valence-corrected chi connectivity index (χ1v) is 14.7. The molecule has 5 heterocycles. The summed E-state index contributed by atoms with van der Waals surface area (Å²) in [6, 6.07) is 8.76. The van der Waals surface area contributed by atoms with Gasteiger partial charge in [-0.25, -0.2) is 9.97 Å². The number of fused-ring (bicyclic) bond motifs is 1. The lowest BCUT2D eigenvalue weighted by Crippen LogP contribution is -2.35. The van der Waals surface area contributed by atoms with Crippen LogP contribution >= 0.6 is 0 Å². The molecule has 42 heavy (non-hydrogen) atoms. The fraction of sp³-hybridized carbons (Fsp3) is 0.484. The molecule has 4 aromatic rings. The Bertz CT molecular complexity index is 1550. The van der Waals surface area contributed by atoms with Gasteiger partial charge in [0.1, 0.15) is 0 Å². The van der Waals surface area contributed by atoms with Crippen molar-refractivity contribution in [1.82, 2.24) is 34.8 Å². The molecule has 2 aliphatic rings. The van der Waals surface area contributed by atoms with Crippen LogP contribution in [0.4, 0.5) is 11.6 Å². The first-order valence-electron chi connectivity index (χ1n) is 14.7. The summed E-state index contributed by atoms with van der Waals surface area (Å²) in [6.07, 6.45) is 7.66. The lowest BCUT2D eigenvalue weighted by molar-refractivity contribution is 0.0931. The van der Waals surface area contributed by atoms with E-state index in [2.05, 4.69) is 48.7 Å². The highest BCUT2D eigenvalue weighted by molar-refractivity contribution is 5.92. The average Bonchev–Trinajstić information content (AvgIpc) is 3.75. The number of aromatic nitrogens is 6. The molecule has 3 aromatic heterocycles. The normalized spacial score (nSPS) is 19.4. The van der Waals surface area contributed by atoms with E-state index in [1.165, 1.54) is 11.1 Å². The third-order valence-corrected chi connectivity index (χ3v) is 8.04. The first-order chi connectivity index (χ1) is 20.3. The number of carbonyl (C=O) groups is 1. The number of hydrogen-bond donors (Lipinski definition) is 1. The number of nitrogens with zero attached hydrogens (tertiary/aromatic N) is 7. The van der Waals surface area contributed by atoms with Crippen molar-refractivity contribution < 1.29 is 13.9 Å². The standard InChI is InChI=1S/C31H38N8O3/c1-5-39-18-23(16-33-39)34-30-32-11-8-26(35-30)21-6-7-25-20(15-27(40)28-36-37-29(42-28)31(2,3)4)9-12-38(17-22(25)14-21)24-10-13-41-19-24/h6-8,11,14,16,18,20,24H,5,9-10,12-13,15,17,19H2,1-4H3,(H,32,34,35)/t20-,24?/m0/s1. The maximum atomic E-state index is 13.3. The van der Waals surface area contributed by atoms with Gasteiger partial charge in [-0.15, -0.1) is 10.2 Å². The molecule has 11 nitrogen and oxygen atoms in total. The van der Waals surface area contributed by atoms with Crippen LogP contribution in [0.25, 0.3) is 11.3 Å². The fourth-order valence-electron chi connectivity index (χ4n) is 5.67. The second kappa shape index (κ2) is 11.7. The maximum absolute atomic E-state index is 13.3. The summed E-state index contributed by atoms with van der Waals surface area (Å²) in [6.45, 7) is 12.0. The van der Waals surface area contributed by atoms with Crippen LogP contribution < -0.4 is 5.32 Å². The molecule has 1 saturated heterocycles. The fourth-order valence-corrected chi connectivity index (χ4v) is 5.67. The molecule has 6 rings (SSSR count). The van der Waals surface area contributed by atoms with Crippen LogP contribution in [0.1, 0.15) is 80.6 Å². The predicted octanol–water partition coefficient (Wildman–Crippen LogP) is 5.14. The largest absolute Gasteiger partial charge is 0.418 e. The van der Waals surface area contributed by atoms with Gasteiger partial charge >= 0.3 is 0 Å². The molecule has 1 fully saturated rings. The second-order valence-corrected chi connectivity index (χ2v) is 12.2. The smallest absolute Gasteiger partial charge is 0.284 e. The SMILES string of the molecule is CCn1cc(Nc2nccc(-c3ccc4c(c3)CN(C3CCOC3)CC[C@H]4CC(=O)c3nnc(C(C)(C)C)o3)n2)cn1. The Labute approximate surface area is 245 Å². The number of ketones is 1. The molecule has 11 heteroatoms. The van der Waals surface area contributed by atoms with E-state index in [1.54, 1.807) is 12.4 Å². The topological polar surface area (TPSA) is 124 Å². The number of Topliss-reactive ketones (excluding diaryl/α,β-unsaturated/α-hetero) is 1. The van der Waals surface area contributed by atoms with E-state index < -0.39 is 0 Å². The number of benzene rings is 1. The van der Waals surface area contributed by atoms with Gasteiger partial charge in [0.05, 0.1) is 24.2 Å². The summed E-state index contributed by atoms with van der Waals surface area (Å²) in [7, 11) is 0. The highest BCUT2D eigenvalue weighted by atomic mass is 16.5. The van der Waals surface area contributed by atoms with Gasteiger partial charge in [0.15, 0.2) is 0 Å². The molecular formula is C31H38N8O3. The molecule has 0 radical (unpaired) electrons. The van der Waals surface area contributed by atoms with Crippen molar-refractivity contribution >= 4 is 17.4 Å². The summed E-state index contributed by atoms with van der Waals surface area (Å²) < 4.78 is 13.4. The second-order valence-electron chi connectivity index (χ2n) is 12.2. The van der Waals surface area contributed by atoms with Crippen LogP contribution in [0.15, 0.2) is 47.3 Å². The predicted molar refractivity (Wildman–Crippen MR) is 158 cm³/mol. The quantitative estimate of drug-likeness (QED) is 0.285. The molecule has 1 aromatic carbocycles. The van der Waals surface area contributed by atoms with E-state index >= 15 is 0 Å². The van der Waals surface area contributed by atoms with Crippen molar-refractivity contribution in [3.8, 4) is 11.3 Å². The van der Waals surface area contributed by atoms with Gasteiger partial charge in [-0.05, 0) is 55.5 Å². The van der Waals surface area contributed by atoms with Crippen LogP contribution in [-0.4, -0.2) is 66.4 Å². The van der Waals surface area contributed by atoms with E-state index in [1.807, 2.05) is 44.6 Å². The Morgan fingerprint density at radius 1 is 1.17 bits per heavy atom. The minimum Gasteiger partial charge on any atom is -0.418 e. The Hall–Kier alpha value is -3.96. The van der Waals surface area contributed by atoms with Crippen molar-refractivity contribution in [1.29, 1.82) is 0 Å². The van der Waals surface area contributed by atoms with Crippen molar-refractivity contribution in [3.63, 3.8) is 0 Å². The zero-order valence-corrected chi connectivity index (χ0v) is 24.7. The monoisotopic (exact) mass is 570 g/mol. The van der Waals surface area contributed by atoms with Gasteiger partial charge in [0.2, 0.25) is 17.6 Å². The Kier molecular flexibility index (Phi) is 7.87. The molecular weight excluding hydrogens is 532 g/mol. The van der Waals surface area contributed by atoms with E-state index in [0.29, 0.717) is 24.3 Å². The molecule has 2 atom stereocenters. The van der Waals surface area contributed by atoms with E-state index in [4.69, 9.17) is 14.1 Å². The van der Waals surface area contributed by atoms with Crippen LogP contribution in [0.2, 0.25) is 0 Å². The highest BCUT2D eigenvalue weighted by Gasteiger charge is 2.32. The van der Waals surface area contributed by atoms with Crippen molar-refractivity contribution in [2.45, 2.75) is 77.4 Å². The molecule has 0 aliphatic carbocycles. The number of anilines is 2. The summed E-state index contributed by atoms with van der Waals surface area (Å²) in [5, 5.41) is 15.8. The molecule has 0 saturated carbocycles. The van der Waals surface area contributed by atoms with Gasteiger partial charge in [-0.2, -0.15) is 5.10 Å². The Morgan fingerprint density at radius 2 is 2.05 bits per heavy atom. The third kappa shape index (κ3) is 6.12. The summed E-state index contributed by atoms with van der Waals surface area (Å²) in [4.78, 5) is 25.1. The van der Waals surface area contributed by atoms with Crippen molar-refractivity contribution in [2.75, 3.05) is 25.1 Å². The van der Waals surface area contributed by atoms with Gasteiger partial charge in [-0.3, -0.25) is 14.4 Å². The molecule has 0 amide bonds. The minimum atomic E-state index is -0.311. The highest BCUT2D eigenvalue weighted by Crippen LogP contribution is 2.36. The average molecular weight is 571 g/mol. The molecule has 220 valence electrons. The molecule has 0 spiro atoms. The summed E-state index contributed by atoms with van der Waals surface area (Å²) in [5.74, 6) is 1.00. The number of ether oxygens (including phenoxy) is 1. The zero-order valence-electron chi connectivity index (χ0n) is 24.7. The maximum Gasteiger partial charge on any atom is 0.284 e. The number of rotatable bonds is 8. The van der Waals surface area contributed by atoms with Crippen molar-refractivity contribution in [2.24, 2.45) is 0 Å². The van der Waals surface area contributed by atoms with E-state index in [9.17, 15) is 4.79 Å². The Morgan fingerprint density at radius 3 is 2.79 bits per heavy atom. The minimum absolute atomic E-state index is 0.0385. The van der Waals surface area contributed by atoms with Crippen LogP contribution in [-0.2, 0) is 23.2 Å². The lowest BCUT2D eigenvalue weighted by atomic mass is 9.87. The van der Waals surface area contributed by atoms with Crippen LogP contribution in [0.5, 0.6) is 0 Å². The molecule has 1 unspecified atom stereocenters. The first kappa shape index (κ1) is 28.2. The summed E-state index contributed by atoms with van der Waals surface area (Å²) >= 11 is 0. The van der Waals surface area contributed by atoms with Crippen LogP contribution in [0.3, 0.4) is 0 Å².